The average molecular weight is 244 g/mol. The maximum Gasteiger partial charge on any atom is 0.251 e. The molecule has 1 fully saturated rings. The standard InChI is InChI=1S/C15H20N2O/c1-15(7-8-15)10-17-14(18)12-4-2-6-13-11(12)5-3-9-16-13/h2,4,6,16H,3,5,7-10H2,1H3,(H,17,18). The number of rotatable bonds is 3. The summed E-state index contributed by atoms with van der Waals surface area (Å²) < 4.78 is 0. The number of hydrogen-bond donors (Lipinski definition) is 2. The molecule has 0 bridgehead atoms. The average Bonchev–Trinajstić information content (AvgIpc) is 3.14. The van der Waals surface area contributed by atoms with Crippen molar-refractivity contribution < 1.29 is 4.79 Å². The number of carbonyl (C=O) groups excluding carboxylic acids is 1. The molecule has 1 saturated carbocycles. The van der Waals surface area contributed by atoms with Gasteiger partial charge in [-0.1, -0.05) is 13.0 Å². The van der Waals surface area contributed by atoms with E-state index in [1.165, 1.54) is 18.4 Å². The smallest absolute Gasteiger partial charge is 0.251 e. The van der Waals surface area contributed by atoms with Gasteiger partial charge in [0, 0.05) is 24.3 Å². The summed E-state index contributed by atoms with van der Waals surface area (Å²) in [4.78, 5) is 12.3. The first kappa shape index (κ1) is 11.6. The van der Waals surface area contributed by atoms with Gasteiger partial charge in [-0.15, -0.1) is 0 Å². The Hall–Kier alpha value is -1.51. The van der Waals surface area contributed by atoms with Gasteiger partial charge in [-0.05, 0) is 48.8 Å². The molecule has 96 valence electrons. The van der Waals surface area contributed by atoms with E-state index in [1.807, 2.05) is 12.1 Å². The quantitative estimate of drug-likeness (QED) is 0.858. The summed E-state index contributed by atoms with van der Waals surface area (Å²) >= 11 is 0. The zero-order chi connectivity index (χ0) is 12.6. The van der Waals surface area contributed by atoms with E-state index in [1.54, 1.807) is 0 Å². The molecule has 0 saturated heterocycles. The molecule has 3 rings (SSSR count). The van der Waals surface area contributed by atoms with Gasteiger partial charge in [-0.25, -0.2) is 0 Å². The molecular weight excluding hydrogens is 224 g/mol. The summed E-state index contributed by atoms with van der Waals surface area (Å²) in [7, 11) is 0. The molecule has 18 heavy (non-hydrogen) atoms. The van der Waals surface area contributed by atoms with Crippen LogP contribution < -0.4 is 10.6 Å². The Balaban J connectivity index is 1.76. The van der Waals surface area contributed by atoms with Crippen LogP contribution in [0.25, 0.3) is 0 Å². The first-order valence-corrected chi connectivity index (χ1v) is 6.82. The minimum atomic E-state index is 0.0867. The van der Waals surface area contributed by atoms with Crippen LogP contribution >= 0.6 is 0 Å². The van der Waals surface area contributed by atoms with E-state index in [9.17, 15) is 4.79 Å². The molecule has 3 nitrogen and oxygen atoms in total. The summed E-state index contributed by atoms with van der Waals surface area (Å²) in [6.45, 7) is 4.05. The second kappa shape index (κ2) is 4.30. The number of fused-ring (bicyclic) bond motifs is 1. The molecule has 1 aromatic carbocycles. The van der Waals surface area contributed by atoms with Crippen LogP contribution in [-0.4, -0.2) is 19.0 Å². The molecule has 0 atom stereocenters. The Labute approximate surface area is 108 Å². The van der Waals surface area contributed by atoms with E-state index in [2.05, 4.69) is 23.6 Å². The van der Waals surface area contributed by atoms with Crippen molar-refractivity contribution in [3.63, 3.8) is 0 Å². The Morgan fingerprint density at radius 3 is 3.06 bits per heavy atom. The van der Waals surface area contributed by atoms with Gasteiger partial charge < -0.3 is 10.6 Å². The Kier molecular flexibility index (Phi) is 2.77. The summed E-state index contributed by atoms with van der Waals surface area (Å²) in [6, 6.07) is 5.97. The lowest BCUT2D eigenvalue weighted by Crippen LogP contribution is -2.30. The molecule has 0 unspecified atom stereocenters. The van der Waals surface area contributed by atoms with Crippen molar-refractivity contribution in [3.05, 3.63) is 29.3 Å². The van der Waals surface area contributed by atoms with E-state index < -0.39 is 0 Å². The van der Waals surface area contributed by atoms with Gasteiger partial charge >= 0.3 is 0 Å². The number of carbonyl (C=O) groups is 1. The third-order valence-electron chi connectivity index (χ3n) is 4.12. The summed E-state index contributed by atoms with van der Waals surface area (Å²) in [5, 5.41) is 6.45. The molecule has 1 aromatic rings. The van der Waals surface area contributed by atoms with Crippen LogP contribution in [0.5, 0.6) is 0 Å². The molecule has 1 aliphatic carbocycles. The zero-order valence-electron chi connectivity index (χ0n) is 10.9. The van der Waals surface area contributed by atoms with Gasteiger partial charge in [0.25, 0.3) is 5.91 Å². The van der Waals surface area contributed by atoms with Crippen LogP contribution in [0.4, 0.5) is 5.69 Å². The highest BCUT2D eigenvalue weighted by Crippen LogP contribution is 2.44. The maximum atomic E-state index is 12.3. The highest BCUT2D eigenvalue weighted by atomic mass is 16.1. The monoisotopic (exact) mass is 244 g/mol. The molecule has 1 amide bonds. The predicted molar refractivity (Wildman–Crippen MR) is 72.9 cm³/mol. The Morgan fingerprint density at radius 1 is 1.44 bits per heavy atom. The lowest BCUT2D eigenvalue weighted by molar-refractivity contribution is 0.0945. The van der Waals surface area contributed by atoms with E-state index in [-0.39, 0.29) is 5.91 Å². The SMILES string of the molecule is CC1(CNC(=O)c2cccc3c2CCCN3)CC1. The third-order valence-corrected chi connectivity index (χ3v) is 4.12. The first-order chi connectivity index (χ1) is 8.68. The van der Waals surface area contributed by atoms with E-state index >= 15 is 0 Å². The van der Waals surface area contributed by atoms with Gasteiger partial charge in [0.1, 0.15) is 0 Å². The van der Waals surface area contributed by atoms with Crippen LogP contribution in [0.2, 0.25) is 0 Å². The van der Waals surface area contributed by atoms with Crippen LogP contribution in [-0.2, 0) is 6.42 Å². The second-order valence-electron chi connectivity index (χ2n) is 5.86. The molecule has 1 aliphatic heterocycles. The van der Waals surface area contributed by atoms with Gasteiger partial charge in [0.15, 0.2) is 0 Å². The first-order valence-electron chi connectivity index (χ1n) is 6.82. The predicted octanol–water partition coefficient (Wildman–Crippen LogP) is 2.57. The number of amides is 1. The minimum absolute atomic E-state index is 0.0867. The number of benzene rings is 1. The van der Waals surface area contributed by atoms with Crippen molar-refractivity contribution in [2.45, 2.75) is 32.6 Å². The van der Waals surface area contributed by atoms with Crippen LogP contribution in [0.15, 0.2) is 18.2 Å². The summed E-state index contributed by atoms with van der Waals surface area (Å²) in [5.74, 6) is 0.0867. The maximum absolute atomic E-state index is 12.3. The lowest BCUT2D eigenvalue weighted by Gasteiger charge is -2.21. The fourth-order valence-corrected chi connectivity index (χ4v) is 2.50. The van der Waals surface area contributed by atoms with Gasteiger partial charge in [0.2, 0.25) is 0 Å². The molecule has 0 aromatic heterocycles. The molecular formula is C15H20N2O. The van der Waals surface area contributed by atoms with Crippen molar-refractivity contribution in [2.24, 2.45) is 5.41 Å². The van der Waals surface area contributed by atoms with E-state index in [0.717, 1.165) is 37.2 Å². The number of anilines is 1. The second-order valence-corrected chi connectivity index (χ2v) is 5.86. The van der Waals surface area contributed by atoms with Crippen molar-refractivity contribution in [1.29, 1.82) is 0 Å². The number of nitrogens with one attached hydrogen (secondary N) is 2. The van der Waals surface area contributed by atoms with Crippen molar-refractivity contribution in [1.82, 2.24) is 5.32 Å². The molecule has 3 heteroatoms. The van der Waals surface area contributed by atoms with Gasteiger partial charge in [0.05, 0.1) is 0 Å². The lowest BCUT2D eigenvalue weighted by atomic mass is 9.97. The molecule has 1 heterocycles. The van der Waals surface area contributed by atoms with Crippen molar-refractivity contribution >= 4 is 11.6 Å². The summed E-state index contributed by atoms with van der Waals surface area (Å²) in [6.07, 6.45) is 4.58. The van der Waals surface area contributed by atoms with E-state index in [4.69, 9.17) is 0 Å². The molecule has 0 spiro atoms. The topological polar surface area (TPSA) is 41.1 Å². The van der Waals surface area contributed by atoms with Gasteiger partial charge in [-0.3, -0.25) is 4.79 Å². The highest BCUT2D eigenvalue weighted by molar-refractivity contribution is 5.97. The van der Waals surface area contributed by atoms with Crippen LogP contribution in [0.3, 0.4) is 0 Å². The van der Waals surface area contributed by atoms with Crippen LogP contribution in [0, 0.1) is 5.41 Å². The van der Waals surface area contributed by atoms with Crippen molar-refractivity contribution in [2.75, 3.05) is 18.4 Å². The Morgan fingerprint density at radius 2 is 2.28 bits per heavy atom. The minimum Gasteiger partial charge on any atom is -0.385 e. The fourth-order valence-electron chi connectivity index (χ4n) is 2.50. The Bertz CT molecular complexity index is 477. The zero-order valence-corrected chi connectivity index (χ0v) is 10.9. The van der Waals surface area contributed by atoms with E-state index in [0.29, 0.717) is 5.41 Å². The molecule has 2 aliphatic rings. The normalized spacial score (nSPS) is 19.6. The van der Waals surface area contributed by atoms with Crippen molar-refractivity contribution in [3.8, 4) is 0 Å². The largest absolute Gasteiger partial charge is 0.385 e. The molecule has 0 radical (unpaired) electrons. The van der Waals surface area contributed by atoms with Gasteiger partial charge in [-0.2, -0.15) is 0 Å². The highest BCUT2D eigenvalue weighted by Gasteiger charge is 2.37. The molecule has 2 N–H and O–H groups in total. The summed E-state index contributed by atoms with van der Waals surface area (Å²) in [5.41, 5.74) is 3.53. The number of hydrogen-bond acceptors (Lipinski definition) is 2. The third kappa shape index (κ3) is 2.22. The fraction of sp³-hybridized carbons (Fsp3) is 0.533. The van der Waals surface area contributed by atoms with Crippen LogP contribution in [0.1, 0.15) is 42.1 Å².